The van der Waals surface area contributed by atoms with Crippen LogP contribution in [0.25, 0.3) is 11.3 Å². The van der Waals surface area contributed by atoms with Crippen molar-refractivity contribution in [3.8, 4) is 11.3 Å². The van der Waals surface area contributed by atoms with Crippen LogP contribution >= 0.6 is 11.6 Å². The Morgan fingerprint density at radius 3 is 2.45 bits per heavy atom. The van der Waals surface area contributed by atoms with Crippen LogP contribution in [0.4, 0.5) is 20.4 Å². The van der Waals surface area contributed by atoms with Crippen LogP contribution in [-0.2, 0) is 6.54 Å². The van der Waals surface area contributed by atoms with Crippen LogP contribution in [0, 0.1) is 17.0 Å². The highest BCUT2D eigenvalue weighted by molar-refractivity contribution is 6.31. The van der Waals surface area contributed by atoms with Gasteiger partial charge in [0.05, 0.1) is 23.5 Å². The molecule has 216 valence electrons. The first-order valence-corrected chi connectivity index (χ1v) is 13.8. The van der Waals surface area contributed by atoms with Crippen LogP contribution in [-0.4, -0.2) is 51.6 Å². The Morgan fingerprint density at radius 2 is 1.71 bits per heavy atom. The van der Waals surface area contributed by atoms with Crippen molar-refractivity contribution in [1.29, 1.82) is 5.41 Å². The molecule has 2 aliphatic rings. The molecule has 0 radical (unpaired) electrons. The van der Waals surface area contributed by atoms with Gasteiger partial charge in [0, 0.05) is 64.3 Å². The number of nitrogens with one attached hydrogen (secondary N) is 3. The first-order valence-electron chi connectivity index (χ1n) is 13.4. The number of piperazine rings is 1. The predicted molar refractivity (Wildman–Crippen MR) is 165 cm³/mol. The zero-order valence-corrected chi connectivity index (χ0v) is 23.3. The molecule has 4 aromatic rings. The van der Waals surface area contributed by atoms with Crippen LogP contribution in [0.3, 0.4) is 0 Å². The lowest BCUT2D eigenvalue weighted by atomic mass is 9.95. The zero-order valence-electron chi connectivity index (χ0n) is 22.5. The summed E-state index contributed by atoms with van der Waals surface area (Å²) in [5, 5.41) is 16.0. The summed E-state index contributed by atoms with van der Waals surface area (Å²) in [7, 11) is 0. The van der Waals surface area contributed by atoms with E-state index in [1.165, 1.54) is 18.2 Å². The van der Waals surface area contributed by atoms with Gasteiger partial charge in [0.2, 0.25) is 5.95 Å². The molecule has 1 saturated heterocycles. The maximum absolute atomic E-state index is 14.8. The van der Waals surface area contributed by atoms with E-state index >= 15 is 0 Å². The molecular formula is C32H32ClF2N7. The molecule has 3 heterocycles. The van der Waals surface area contributed by atoms with E-state index in [2.05, 4.69) is 39.4 Å². The molecule has 0 spiro atoms. The third-order valence-corrected chi connectivity index (χ3v) is 7.46. The average molecular weight is 588 g/mol. The van der Waals surface area contributed by atoms with E-state index in [9.17, 15) is 8.78 Å². The second-order valence-corrected chi connectivity index (χ2v) is 10.9. The Bertz CT molecular complexity index is 1660. The lowest BCUT2D eigenvalue weighted by Gasteiger charge is -2.37. The number of halogens is 3. The summed E-state index contributed by atoms with van der Waals surface area (Å²) >= 11 is 6.33. The highest BCUT2D eigenvalue weighted by atomic mass is 35.5. The minimum atomic E-state index is -0.704. The summed E-state index contributed by atoms with van der Waals surface area (Å²) in [6.07, 6.45) is 1.67. The van der Waals surface area contributed by atoms with Gasteiger partial charge in [0.25, 0.3) is 0 Å². The quantitative estimate of drug-likeness (QED) is 0.180. The van der Waals surface area contributed by atoms with E-state index in [0.717, 1.165) is 24.3 Å². The summed E-state index contributed by atoms with van der Waals surface area (Å²) in [6, 6.07) is 17.1. The van der Waals surface area contributed by atoms with Crippen LogP contribution < -0.4 is 10.6 Å². The molecule has 1 fully saturated rings. The Morgan fingerprint density at radius 1 is 1.00 bits per heavy atom. The SMILES string of the molecule is C.CC1CN(C(=N)c2cccc(Nc3ncc4c(n3)-c3ccc(Cl)cc3C(c3c(F)cccc3F)=NC4)c2)CC(C)N1. The summed E-state index contributed by atoms with van der Waals surface area (Å²) in [4.78, 5) is 16.0. The number of fused-ring (bicyclic) bond motifs is 3. The largest absolute Gasteiger partial charge is 0.353 e. The number of amidine groups is 1. The fraction of sp³-hybridized carbons (Fsp3) is 0.250. The number of rotatable bonds is 4. The van der Waals surface area contributed by atoms with E-state index < -0.39 is 11.6 Å². The van der Waals surface area contributed by atoms with Gasteiger partial charge in [-0.2, -0.15) is 0 Å². The van der Waals surface area contributed by atoms with Gasteiger partial charge in [-0.3, -0.25) is 10.4 Å². The number of aliphatic imine (C=N–C) groups is 1. The number of benzene rings is 3. The van der Waals surface area contributed by atoms with Gasteiger partial charge in [-0.05, 0) is 50.2 Å². The van der Waals surface area contributed by atoms with Crippen molar-refractivity contribution in [3.05, 3.63) is 106 Å². The maximum atomic E-state index is 14.8. The molecule has 7 nitrogen and oxygen atoms in total. The fourth-order valence-corrected chi connectivity index (χ4v) is 5.66. The standard InChI is InChI=1S/C31H28ClF2N7.CH4/c1-17-15-41(16-18(2)38-17)30(35)19-5-3-6-22(11-19)39-31-37-14-20-13-36-29(27-25(33)7-4-8-26(27)34)24-12-21(32)9-10-23(24)28(20)40-31;/h3-12,14,17-18,35,38H,13,15-16H2,1-2H3,(H,37,39,40);1H4. The summed E-state index contributed by atoms with van der Waals surface area (Å²) in [6.45, 7) is 5.91. The van der Waals surface area contributed by atoms with Crippen LogP contribution in [0.5, 0.6) is 0 Å². The summed E-state index contributed by atoms with van der Waals surface area (Å²) in [5.41, 5.74) is 3.93. The Hall–Kier alpha value is -4.21. The van der Waals surface area contributed by atoms with E-state index in [1.807, 2.05) is 24.3 Å². The molecule has 2 unspecified atom stereocenters. The van der Waals surface area contributed by atoms with Crippen molar-refractivity contribution < 1.29 is 8.78 Å². The molecule has 0 aliphatic carbocycles. The lowest BCUT2D eigenvalue weighted by Crippen LogP contribution is -2.55. The predicted octanol–water partition coefficient (Wildman–Crippen LogP) is 6.81. The Labute approximate surface area is 249 Å². The molecular weight excluding hydrogens is 556 g/mol. The molecule has 0 saturated carbocycles. The molecule has 1 aromatic heterocycles. The Kier molecular flexibility index (Phi) is 8.34. The number of aromatic nitrogens is 2. The van der Waals surface area contributed by atoms with E-state index in [4.69, 9.17) is 22.0 Å². The number of hydrogen-bond donors (Lipinski definition) is 3. The monoisotopic (exact) mass is 587 g/mol. The van der Waals surface area contributed by atoms with Crippen molar-refractivity contribution >= 4 is 34.8 Å². The summed E-state index contributed by atoms with van der Waals surface area (Å²) < 4.78 is 29.7. The second-order valence-electron chi connectivity index (χ2n) is 10.4. The molecule has 2 aliphatic heterocycles. The van der Waals surface area contributed by atoms with Crippen molar-refractivity contribution in [2.45, 2.75) is 39.9 Å². The third-order valence-electron chi connectivity index (χ3n) is 7.23. The first-order chi connectivity index (χ1) is 19.8. The lowest BCUT2D eigenvalue weighted by molar-refractivity contribution is 0.254. The van der Waals surface area contributed by atoms with Gasteiger partial charge in [0.15, 0.2) is 0 Å². The number of nitrogens with zero attached hydrogens (tertiary/aromatic N) is 4. The smallest absolute Gasteiger partial charge is 0.227 e. The Balaban J connectivity index is 0.00000353. The molecule has 0 amide bonds. The molecule has 2 atom stereocenters. The minimum Gasteiger partial charge on any atom is -0.353 e. The molecule has 10 heteroatoms. The molecule has 6 rings (SSSR count). The van der Waals surface area contributed by atoms with Crippen molar-refractivity contribution in [2.24, 2.45) is 4.99 Å². The summed E-state index contributed by atoms with van der Waals surface area (Å²) in [5.74, 6) is -0.598. The van der Waals surface area contributed by atoms with E-state index in [0.29, 0.717) is 51.3 Å². The van der Waals surface area contributed by atoms with Crippen LogP contribution in [0.1, 0.15) is 43.5 Å². The fourth-order valence-electron chi connectivity index (χ4n) is 5.49. The maximum Gasteiger partial charge on any atom is 0.227 e. The topological polar surface area (TPSA) is 89.3 Å². The van der Waals surface area contributed by atoms with Crippen molar-refractivity contribution in [2.75, 3.05) is 18.4 Å². The zero-order chi connectivity index (χ0) is 28.7. The second kappa shape index (κ2) is 12.0. The van der Waals surface area contributed by atoms with E-state index in [-0.39, 0.29) is 25.2 Å². The van der Waals surface area contributed by atoms with Gasteiger partial charge in [-0.1, -0.05) is 43.3 Å². The van der Waals surface area contributed by atoms with Crippen LogP contribution in [0.2, 0.25) is 5.02 Å². The van der Waals surface area contributed by atoms with Crippen molar-refractivity contribution in [1.82, 2.24) is 20.2 Å². The molecule has 3 aromatic carbocycles. The van der Waals surface area contributed by atoms with Gasteiger partial charge < -0.3 is 15.5 Å². The highest BCUT2D eigenvalue weighted by Crippen LogP contribution is 2.35. The molecule has 42 heavy (non-hydrogen) atoms. The number of hydrogen-bond acceptors (Lipinski definition) is 6. The first kappa shape index (κ1) is 29.3. The minimum absolute atomic E-state index is 0. The van der Waals surface area contributed by atoms with Gasteiger partial charge in [0.1, 0.15) is 17.5 Å². The number of anilines is 2. The molecule has 3 N–H and O–H groups in total. The normalized spacial score (nSPS) is 17.7. The van der Waals surface area contributed by atoms with Gasteiger partial charge >= 0.3 is 0 Å². The van der Waals surface area contributed by atoms with E-state index in [1.54, 1.807) is 24.4 Å². The van der Waals surface area contributed by atoms with Crippen molar-refractivity contribution in [3.63, 3.8) is 0 Å². The van der Waals surface area contributed by atoms with Gasteiger partial charge in [-0.15, -0.1) is 0 Å². The van der Waals surface area contributed by atoms with Gasteiger partial charge in [-0.25, -0.2) is 18.7 Å². The average Bonchev–Trinajstić information content (AvgIpc) is 3.09. The highest BCUT2D eigenvalue weighted by Gasteiger charge is 2.26. The van der Waals surface area contributed by atoms with Crippen LogP contribution in [0.15, 0.2) is 71.9 Å². The third kappa shape index (κ3) is 5.75. The molecule has 0 bridgehead atoms.